The molecule has 3 amide bonds. The van der Waals surface area contributed by atoms with Crippen molar-refractivity contribution in [2.45, 2.75) is 33.1 Å². The lowest BCUT2D eigenvalue weighted by molar-refractivity contribution is -0.131. The van der Waals surface area contributed by atoms with Crippen LogP contribution in [-0.4, -0.2) is 91.4 Å². The van der Waals surface area contributed by atoms with Crippen molar-refractivity contribution < 1.29 is 9.59 Å². The monoisotopic (exact) mass is 362 g/mol. The van der Waals surface area contributed by atoms with Gasteiger partial charge < -0.3 is 14.7 Å². The number of carbonyl (C=O) groups is 2. The molecule has 0 radical (unpaired) electrons. The SMILES string of the molecule is CC(C)C1=CCN(C(=O)N2CC3(CCN(CC(=O)N(C)C)CC3)C2)CC1. The zero-order valence-corrected chi connectivity index (χ0v) is 16.8. The molecule has 3 aliphatic heterocycles. The van der Waals surface area contributed by atoms with Gasteiger partial charge in [-0.15, -0.1) is 0 Å². The summed E-state index contributed by atoms with van der Waals surface area (Å²) in [5.41, 5.74) is 1.77. The number of likely N-dealkylation sites (tertiary alicyclic amines) is 2. The summed E-state index contributed by atoms with van der Waals surface area (Å²) in [6, 6.07) is 0.208. The van der Waals surface area contributed by atoms with Gasteiger partial charge in [0.25, 0.3) is 0 Å². The Morgan fingerprint density at radius 1 is 1.12 bits per heavy atom. The van der Waals surface area contributed by atoms with Crippen molar-refractivity contribution in [1.29, 1.82) is 0 Å². The summed E-state index contributed by atoms with van der Waals surface area (Å²) in [6.45, 7) is 10.3. The molecule has 0 atom stereocenters. The average molecular weight is 363 g/mol. The molecule has 3 rings (SSSR count). The molecule has 26 heavy (non-hydrogen) atoms. The van der Waals surface area contributed by atoms with E-state index in [2.05, 4.69) is 24.8 Å². The predicted molar refractivity (Wildman–Crippen MR) is 103 cm³/mol. The summed E-state index contributed by atoms with van der Waals surface area (Å²) < 4.78 is 0. The molecule has 0 N–H and O–H groups in total. The van der Waals surface area contributed by atoms with Crippen molar-refractivity contribution >= 4 is 11.9 Å². The molecule has 2 fully saturated rings. The lowest BCUT2D eigenvalue weighted by atomic mass is 9.72. The molecule has 0 unspecified atom stereocenters. The Bertz CT molecular complexity index is 568. The van der Waals surface area contributed by atoms with Gasteiger partial charge >= 0.3 is 6.03 Å². The van der Waals surface area contributed by atoms with Gasteiger partial charge in [0.15, 0.2) is 0 Å². The molecule has 6 nitrogen and oxygen atoms in total. The number of carbonyl (C=O) groups excluding carboxylic acids is 2. The quantitative estimate of drug-likeness (QED) is 0.720. The number of nitrogens with zero attached hydrogens (tertiary/aromatic N) is 4. The zero-order valence-electron chi connectivity index (χ0n) is 16.8. The zero-order chi connectivity index (χ0) is 18.9. The van der Waals surface area contributed by atoms with Gasteiger partial charge in [-0.05, 0) is 38.3 Å². The van der Waals surface area contributed by atoms with Crippen LogP contribution in [0.5, 0.6) is 0 Å². The average Bonchev–Trinajstić information content (AvgIpc) is 2.60. The molecule has 0 bridgehead atoms. The van der Waals surface area contributed by atoms with E-state index in [1.807, 2.05) is 23.9 Å². The Balaban J connectivity index is 1.43. The summed E-state index contributed by atoms with van der Waals surface area (Å²) in [5, 5.41) is 0. The smallest absolute Gasteiger partial charge is 0.320 e. The molecular formula is C20H34N4O2. The molecule has 146 valence electrons. The van der Waals surface area contributed by atoms with Crippen LogP contribution < -0.4 is 0 Å². The first-order chi connectivity index (χ1) is 12.3. The molecule has 1 spiro atoms. The van der Waals surface area contributed by atoms with E-state index in [-0.39, 0.29) is 11.9 Å². The van der Waals surface area contributed by atoms with Gasteiger partial charge in [-0.2, -0.15) is 0 Å². The van der Waals surface area contributed by atoms with E-state index in [1.54, 1.807) is 4.90 Å². The van der Waals surface area contributed by atoms with Gasteiger partial charge in [-0.25, -0.2) is 4.79 Å². The summed E-state index contributed by atoms with van der Waals surface area (Å²) in [5.74, 6) is 0.759. The van der Waals surface area contributed by atoms with Crippen LogP contribution in [0.25, 0.3) is 0 Å². The molecule has 0 aliphatic carbocycles. The second-order valence-corrected chi connectivity index (χ2v) is 8.83. The van der Waals surface area contributed by atoms with E-state index in [0.29, 0.717) is 17.9 Å². The van der Waals surface area contributed by atoms with Crippen molar-refractivity contribution in [2.75, 3.05) is 59.9 Å². The van der Waals surface area contributed by atoms with Gasteiger partial charge in [-0.1, -0.05) is 25.5 Å². The fraction of sp³-hybridized carbons (Fsp3) is 0.800. The molecule has 0 aromatic heterocycles. The highest BCUT2D eigenvalue weighted by Crippen LogP contribution is 2.41. The topological polar surface area (TPSA) is 47.1 Å². The highest BCUT2D eigenvalue weighted by Gasteiger charge is 2.47. The van der Waals surface area contributed by atoms with Crippen LogP contribution in [0, 0.1) is 11.3 Å². The van der Waals surface area contributed by atoms with E-state index in [4.69, 9.17) is 0 Å². The number of hydrogen-bond donors (Lipinski definition) is 0. The van der Waals surface area contributed by atoms with E-state index < -0.39 is 0 Å². The molecule has 2 saturated heterocycles. The minimum atomic E-state index is 0.172. The molecule has 6 heteroatoms. The summed E-state index contributed by atoms with van der Waals surface area (Å²) >= 11 is 0. The molecular weight excluding hydrogens is 328 g/mol. The third kappa shape index (κ3) is 4.05. The van der Waals surface area contributed by atoms with Gasteiger partial charge in [0.05, 0.1) is 6.54 Å². The standard InChI is InChI=1S/C20H34N4O2/c1-16(2)17-5-9-23(10-6-17)19(26)24-14-20(15-24)7-11-22(12-8-20)13-18(25)21(3)4/h5,16H,6-15H2,1-4H3. The maximum atomic E-state index is 12.7. The molecule has 0 aromatic carbocycles. The maximum Gasteiger partial charge on any atom is 0.320 e. The number of hydrogen-bond acceptors (Lipinski definition) is 3. The van der Waals surface area contributed by atoms with Gasteiger partial charge in [-0.3, -0.25) is 9.69 Å². The second kappa shape index (κ2) is 7.59. The Kier molecular flexibility index (Phi) is 5.61. The van der Waals surface area contributed by atoms with Crippen molar-refractivity contribution in [2.24, 2.45) is 11.3 Å². The Hall–Kier alpha value is -1.56. The van der Waals surface area contributed by atoms with E-state index in [0.717, 1.165) is 58.5 Å². The van der Waals surface area contributed by atoms with Crippen LogP contribution in [0.1, 0.15) is 33.1 Å². The first kappa shape index (κ1) is 19.2. The number of likely N-dealkylation sites (N-methyl/N-ethyl adjacent to an activating group) is 1. The first-order valence-electron chi connectivity index (χ1n) is 9.95. The third-order valence-corrected chi connectivity index (χ3v) is 6.35. The molecule has 0 saturated carbocycles. The summed E-state index contributed by atoms with van der Waals surface area (Å²) in [4.78, 5) is 32.5. The van der Waals surface area contributed by atoms with Crippen molar-refractivity contribution in [3.63, 3.8) is 0 Å². The van der Waals surface area contributed by atoms with Crippen molar-refractivity contribution in [1.82, 2.24) is 19.6 Å². The van der Waals surface area contributed by atoms with Crippen molar-refractivity contribution in [3.8, 4) is 0 Å². The van der Waals surface area contributed by atoms with Crippen LogP contribution >= 0.6 is 0 Å². The highest BCUT2D eigenvalue weighted by molar-refractivity contribution is 5.77. The lowest BCUT2D eigenvalue weighted by Gasteiger charge is -2.54. The predicted octanol–water partition coefficient (Wildman–Crippen LogP) is 1.88. The van der Waals surface area contributed by atoms with Gasteiger partial charge in [0.2, 0.25) is 5.91 Å². The number of rotatable bonds is 3. The second-order valence-electron chi connectivity index (χ2n) is 8.83. The highest BCUT2D eigenvalue weighted by atomic mass is 16.2. The Morgan fingerprint density at radius 2 is 1.77 bits per heavy atom. The maximum absolute atomic E-state index is 12.7. The minimum Gasteiger partial charge on any atom is -0.348 e. The minimum absolute atomic E-state index is 0.172. The Morgan fingerprint density at radius 3 is 2.27 bits per heavy atom. The fourth-order valence-electron chi connectivity index (χ4n) is 4.32. The van der Waals surface area contributed by atoms with Crippen LogP contribution in [0.3, 0.4) is 0 Å². The van der Waals surface area contributed by atoms with Gasteiger partial charge in [0, 0.05) is 45.7 Å². The fourth-order valence-corrected chi connectivity index (χ4v) is 4.32. The van der Waals surface area contributed by atoms with E-state index in [9.17, 15) is 9.59 Å². The van der Waals surface area contributed by atoms with E-state index >= 15 is 0 Å². The first-order valence-corrected chi connectivity index (χ1v) is 9.95. The van der Waals surface area contributed by atoms with Crippen LogP contribution in [0.2, 0.25) is 0 Å². The normalized spacial score (nSPS) is 23.0. The lowest BCUT2D eigenvalue weighted by Crippen LogP contribution is -2.64. The van der Waals surface area contributed by atoms with Gasteiger partial charge in [0.1, 0.15) is 0 Å². The third-order valence-electron chi connectivity index (χ3n) is 6.35. The number of urea groups is 1. The molecule has 3 heterocycles. The van der Waals surface area contributed by atoms with Crippen LogP contribution in [-0.2, 0) is 4.79 Å². The Labute approximate surface area is 157 Å². The van der Waals surface area contributed by atoms with E-state index in [1.165, 1.54) is 5.57 Å². The van der Waals surface area contributed by atoms with Crippen molar-refractivity contribution in [3.05, 3.63) is 11.6 Å². The largest absolute Gasteiger partial charge is 0.348 e. The molecule has 3 aliphatic rings. The summed E-state index contributed by atoms with van der Waals surface area (Å²) in [7, 11) is 3.62. The van der Waals surface area contributed by atoms with Crippen LogP contribution in [0.15, 0.2) is 11.6 Å². The number of amides is 3. The van der Waals surface area contributed by atoms with Crippen LogP contribution in [0.4, 0.5) is 4.79 Å². The number of piperidine rings is 1. The molecule has 0 aromatic rings. The summed E-state index contributed by atoms with van der Waals surface area (Å²) in [6.07, 6.45) is 5.43.